The summed E-state index contributed by atoms with van der Waals surface area (Å²) in [5, 5.41) is 15.8. The molecule has 5 heteroatoms. The summed E-state index contributed by atoms with van der Waals surface area (Å²) in [5.74, 6) is 0.191. The van der Waals surface area contributed by atoms with Crippen LogP contribution in [-0.2, 0) is 0 Å². The van der Waals surface area contributed by atoms with Gasteiger partial charge in [-0.1, -0.05) is 34.2 Å². The van der Waals surface area contributed by atoms with Crippen LogP contribution in [0.3, 0.4) is 0 Å². The number of aromatic hydroxyl groups is 1. The van der Waals surface area contributed by atoms with Crippen molar-refractivity contribution in [3.05, 3.63) is 47.0 Å². The molecule has 1 aromatic rings. The number of hydrogen-bond donors (Lipinski definition) is 2. The molecular formula is C12H10BrN3O. The van der Waals surface area contributed by atoms with Crippen molar-refractivity contribution < 1.29 is 5.11 Å². The van der Waals surface area contributed by atoms with E-state index < -0.39 is 0 Å². The predicted molar refractivity (Wildman–Crippen MR) is 70.9 cm³/mol. The molecule has 1 aliphatic carbocycles. The molecule has 0 saturated heterocycles. The number of nitrogens with zero attached hydrogens (tertiary/aromatic N) is 2. The van der Waals surface area contributed by atoms with E-state index in [9.17, 15) is 5.11 Å². The third-order valence-electron chi connectivity index (χ3n) is 2.64. The van der Waals surface area contributed by atoms with Crippen molar-refractivity contribution in [3.8, 4) is 5.75 Å². The van der Waals surface area contributed by atoms with Crippen LogP contribution >= 0.6 is 15.9 Å². The van der Waals surface area contributed by atoms with E-state index in [0.29, 0.717) is 5.69 Å². The topological polar surface area (TPSA) is 47.9 Å². The third kappa shape index (κ3) is 1.87. The maximum Gasteiger partial charge on any atom is 0.142 e. The van der Waals surface area contributed by atoms with E-state index in [0.717, 1.165) is 10.2 Å². The molecule has 0 bridgehead atoms. The van der Waals surface area contributed by atoms with Crippen molar-refractivity contribution in [2.24, 2.45) is 5.10 Å². The second-order valence-electron chi connectivity index (χ2n) is 3.82. The van der Waals surface area contributed by atoms with E-state index in [1.807, 2.05) is 30.4 Å². The smallest absolute Gasteiger partial charge is 0.142 e. The van der Waals surface area contributed by atoms with Gasteiger partial charge < -0.3 is 5.11 Å². The van der Waals surface area contributed by atoms with Gasteiger partial charge in [-0.3, -0.25) is 0 Å². The number of phenols is 1. The van der Waals surface area contributed by atoms with Gasteiger partial charge in [-0.25, -0.2) is 0 Å². The molecule has 0 aromatic heterocycles. The fourth-order valence-electron chi connectivity index (χ4n) is 1.80. The lowest BCUT2D eigenvalue weighted by Crippen LogP contribution is -2.36. The molecule has 17 heavy (non-hydrogen) atoms. The number of hydrazine groups is 1. The van der Waals surface area contributed by atoms with Crippen molar-refractivity contribution in [2.75, 3.05) is 5.12 Å². The summed E-state index contributed by atoms with van der Waals surface area (Å²) < 4.78 is 0.897. The van der Waals surface area contributed by atoms with Crippen molar-refractivity contribution in [1.82, 2.24) is 5.43 Å². The van der Waals surface area contributed by atoms with Gasteiger partial charge in [-0.2, -0.15) is 15.6 Å². The predicted octanol–water partition coefficient (Wildman–Crippen LogP) is 2.33. The lowest BCUT2D eigenvalue weighted by atomic mass is 10.1. The first-order valence-corrected chi connectivity index (χ1v) is 6.01. The van der Waals surface area contributed by atoms with E-state index in [1.54, 1.807) is 17.3 Å². The summed E-state index contributed by atoms with van der Waals surface area (Å²) in [6.07, 6.45) is 7.89. The third-order valence-corrected chi connectivity index (χ3v) is 3.14. The zero-order valence-electron chi connectivity index (χ0n) is 8.84. The van der Waals surface area contributed by atoms with Crippen molar-refractivity contribution in [3.63, 3.8) is 0 Å². The standard InChI is InChI=1S/C12H10BrN3O/c13-8-5-6-12(17)11(7-8)16-14-9-3-1-2-4-10(9)15-16/h1-7,9,14,17H. The Morgan fingerprint density at radius 1 is 1.35 bits per heavy atom. The first-order chi connectivity index (χ1) is 8.24. The molecular weight excluding hydrogens is 282 g/mol. The summed E-state index contributed by atoms with van der Waals surface area (Å²) in [7, 11) is 0. The fraction of sp³-hybridized carbons (Fsp3) is 0.0833. The van der Waals surface area contributed by atoms with E-state index in [-0.39, 0.29) is 11.8 Å². The molecule has 86 valence electrons. The maximum absolute atomic E-state index is 9.82. The molecule has 1 aliphatic heterocycles. The van der Waals surface area contributed by atoms with Crippen LogP contribution in [0.25, 0.3) is 0 Å². The number of hydrazone groups is 1. The molecule has 1 aromatic carbocycles. The average Bonchev–Trinajstić information content (AvgIpc) is 2.75. The number of halogens is 1. The van der Waals surface area contributed by atoms with E-state index >= 15 is 0 Å². The van der Waals surface area contributed by atoms with Crippen LogP contribution < -0.4 is 10.5 Å². The highest BCUT2D eigenvalue weighted by Gasteiger charge is 2.25. The number of anilines is 1. The van der Waals surface area contributed by atoms with Gasteiger partial charge in [0.2, 0.25) is 0 Å². The van der Waals surface area contributed by atoms with Crippen LogP contribution in [0.2, 0.25) is 0 Å². The Labute approximate surface area is 107 Å². The Balaban J connectivity index is 1.97. The van der Waals surface area contributed by atoms with Gasteiger partial charge in [0, 0.05) is 4.47 Å². The quantitative estimate of drug-likeness (QED) is 0.835. The molecule has 0 spiro atoms. The van der Waals surface area contributed by atoms with E-state index in [4.69, 9.17) is 0 Å². The van der Waals surface area contributed by atoms with Crippen LogP contribution in [0.5, 0.6) is 5.75 Å². The molecule has 3 rings (SSSR count). The Morgan fingerprint density at radius 2 is 2.24 bits per heavy atom. The highest BCUT2D eigenvalue weighted by Crippen LogP contribution is 2.31. The summed E-state index contributed by atoms with van der Waals surface area (Å²) in [6, 6.07) is 5.32. The van der Waals surface area contributed by atoms with Gasteiger partial charge in [-0.05, 0) is 24.3 Å². The largest absolute Gasteiger partial charge is 0.506 e. The molecule has 0 fully saturated rings. The number of fused-ring (bicyclic) bond motifs is 1. The zero-order valence-corrected chi connectivity index (χ0v) is 10.4. The molecule has 4 nitrogen and oxygen atoms in total. The van der Waals surface area contributed by atoms with Crippen molar-refractivity contribution in [2.45, 2.75) is 6.04 Å². The summed E-state index contributed by atoms with van der Waals surface area (Å²) >= 11 is 3.38. The monoisotopic (exact) mass is 291 g/mol. The van der Waals surface area contributed by atoms with Gasteiger partial charge in [0.05, 0.1) is 11.8 Å². The van der Waals surface area contributed by atoms with Crippen molar-refractivity contribution >= 4 is 27.3 Å². The Morgan fingerprint density at radius 3 is 3.06 bits per heavy atom. The number of benzene rings is 1. The van der Waals surface area contributed by atoms with Crippen LogP contribution in [0.1, 0.15) is 0 Å². The number of allylic oxidation sites excluding steroid dienone is 2. The van der Waals surface area contributed by atoms with Crippen LogP contribution in [0, 0.1) is 0 Å². The number of phenolic OH excluding ortho intramolecular Hbond substituents is 1. The fourth-order valence-corrected chi connectivity index (χ4v) is 2.15. The molecule has 2 N–H and O–H groups in total. The first kappa shape index (κ1) is 10.6. The minimum absolute atomic E-state index is 0.0818. The average molecular weight is 292 g/mol. The SMILES string of the molecule is Oc1ccc(Br)cc1N1N=C2C=CC=CC2N1. The van der Waals surface area contributed by atoms with Gasteiger partial charge in [0.15, 0.2) is 0 Å². The van der Waals surface area contributed by atoms with Gasteiger partial charge in [0.25, 0.3) is 0 Å². The minimum atomic E-state index is 0.0818. The highest BCUT2D eigenvalue weighted by atomic mass is 79.9. The van der Waals surface area contributed by atoms with Crippen LogP contribution in [-0.4, -0.2) is 16.9 Å². The van der Waals surface area contributed by atoms with Gasteiger partial charge in [-0.15, -0.1) is 0 Å². The second-order valence-corrected chi connectivity index (χ2v) is 4.74. The molecule has 0 radical (unpaired) electrons. The Hall–Kier alpha value is -1.59. The zero-order chi connectivity index (χ0) is 11.8. The first-order valence-electron chi connectivity index (χ1n) is 5.22. The number of hydrogen-bond acceptors (Lipinski definition) is 4. The number of rotatable bonds is 1. The molecule has 0 amide bonds. The normalized spacial score (nSPS) is 21.6. The molecule has 0 saturated carbocycles. The van der Waals surface area contributed by atoms with E-state index in [1.165, 1.54) is 0 Å². The summed E-state index contributed by atoms with van der Waals surface area (Å²) in [6.45, 7) is 0. The lowest BCUT2D eigenvalue weighted by Gasteiger charge is -2.17. The van der Waals surface area contributed by atoms with Crippen LogP contribution in [0.4, 0.5) is 5.69 Å². The van der Waals surface area contributed by atoms with Gasteiger partial charge >= 0.3 is 0 Å². The molecule has 2 aliphatic rings. The maximum atomic E-state index is 9.82. The van der Waals surface area contributed by atoms with Crippen molar-refractivity contribution in [1.29, 1.82) is 0 Å². The van der Waals surface area contributed by atoms with E-state index in [2.05, 4.69) is 26.5 Å². The van der Waals surface area contributed by atoms with Gasteiger partial charge in [0.1, 0.15) is 11.4 Å². The highest BCUT2D eigenvalue weighted by molar-refractivity contribution is 9.10. The van der Waals surface area contributed by atoms with Crippen LogP contribution in [0.15, 0.2) is 52.1 Å². The minimum Gasteiger partial charge on any atom is -0.506 e. The number of nitrogens with one attached hydrogen (secondary N) is 1. The molecule has 1 unspecified atom stereocenters. The Kier molecular flexibility index (Phi) is 2.49. The summed E-state index contributed by atoms with van der Waals surface area (Å²) in [5.41, 5.74) is 4.75. The molecule has 1 atom stereocenters. The Bertz CT molecular complexity index is 551. The lowest BCUT2D eigenvalue weighted by molar-refractivity contribution is 0.472. The summed E-state index contributed by atoms with van der Waals surface area (Å²) in [4.78, 5) is 0. The second kappa shape index (κ2) is 4.01. The molecule has 1 heterocycles.